The summed E-state index contributed by atoms with van der Waals surface area (Å²) in [4.78, 5) is 1.93. The lowest BCUT2D eigenvalue weighted by molar-refractivity contribution is 0.220. The molecule has 0 atom stereocenters. The van der Waals surface area contributed by atoms with Crippen LogP contribution in [-0.2, 0) is 0 Å². The monoisotopic (exact) mass is 165 g/mol. The van der Waals surface area contributed by atoms with E-state index in [1.54, 1.807) is 5.54 Å². The molecule has 5 N–H and O–H groups in total. The van der Waals surface area contributed by atoms with E-state index in [0.29, 0.717) is 19.6 Å². The van der Waals surface area contributed by atoms with E-state index in [-0.39, 0.29) is 0 Å². The van der Waals surface area contributed by atoms with Crippen LogP contribution in [0.1, 0.15) is 0 Å². The summed E-state index contributed by atoms with van der Waals surface area (Å²) in [5.41, 5.74) is 1.57. The van der Waals surface area contributed by atoms with E-state index < -0.39 is 0 Å². The van der Waals surface area contributed by atoms with Crippen LogP contribution in [0.3, 0.4) is 0 Å². The molecule has 0 aromatic rings. The average Bonchev–Trinajstić information content (AvgIpc) is 1.97. The average molecular weight is 165 g/mol. The Labute approximate surface area is 66.0 Å². The normalized spacial score (nSPS) is 11.5. The second kappa shape index (κ2) is 6.44. The number of rotatable bonds is 6. The maximum atomic E-state index is 11.4. The molecule has 5 nitrogen and oxygen atoms in total. The van der Waals surface area contributed by atoms with Gasteiger partial charge in [-0.25, -0.2) is 0 Å². The number of nitrogens with two attached hydrogens (primary N) is 2. The first-order valence-corrected chi connectivity index (χ1v) is 3.45. The highest BCUT2D eigenvalue weighted by atomic mass is 19.2. The van der Waals surface area contributed by atoms with Gasteiger partial charge in [0.2, 0.25) is 0 Å². The predicted molar refractivity (Wildman–Crippen MR) is 41.7 cm³/mol. The molecule has 0 rings (SSSR count). The lowest BCUT2D eigenvalue weighted by Crippen LogP contribution is -2.43. The first-order valence-electron chi connectivity index (χ1n) is 3.45. The summed E-state index contributed by atoms with van der Waals surface area (Å²) >= 11 is 0. The van der Waals surface area contributed by atoms with Crippen molar-refractivity contribution in [1.29, 1.82) is 0 Å². The van der Waals surface area contributed by atoms with Crippen molar-refractivity contribution in [2.45, 2.75) is 0 Å². The van der Waals surface area contributed by atoms with Crippen LogP contribution < -0.4 is 17.2 Å². The van der Waals surface area contributed by atoms with Gasteiger partial charge in [-0.2, -0.15) is 10.7 Å². The van der Waals surface area contributed by atoms with Crippen LogP contribution in [0.25, 0.3) is 0 Å². The molecule has 0 amide bonds. The van der Waals surface area contributed by atoms with Crippen molar-refractivity contribution in [3.8, 4) is 0 Å². The first kappa shape index (κ1) is 10.7. The quantitative estimate of drug-likeness (QED) is 0.252. The fraction of sp³-hybridized carbons (Fsp3) is 1.00. The van der Waals surface area contributed by atoms with Crippen molar-refractivity contribution < 1.29 is 4.48 Å². The van der Waals surface area contributed by atoms with E-state index in [4.69, 9.17) is 11.7 Å². The van der Waals surface area contributed by atoms with Crippen LogP contribution in [0.15, 0.2) is 0 Å². The number of likely N-dealkylation sites (N-methyl/N-ethyl adjacent to an activating group) is 1. The number of hydrogen-bond donors (Lipinski definition) is 3. The van der Waals surface area contributed by atoms with Gasteiger partial charge in [-0.3, -0.25) is 11.7 Å². The smallest absolute Gasteiger partial charge is 0.0410 e. The van der Waals surface area contributed by atoms with Crippen LogP contribution in [0.5, 0.6) is 0 Å². The fourth-order valence-corrected chi connectivity index (χ4v) is 0.631. The van der Waals surface area contributed by atoms with E-state index in [9.17, 15) is 4.48 Å². The Morgan fingerprint density at radius 1 is 1.27 bits per heavy atom. The molecule has 0 fully saturated rings. The van der Waals surface area contributed by atoms with Gasteiger partial charge in [-0.15, -0.1) is 4.48 Å². The van der Waals surface area contributed by atoms with E-state index in [1.165, 1.54) is 0 Å². The standard InChI is InChI=1S/C5H16FN5/c1-10(3-2-9-6)4-5-11(7)8/h9H,2-5,7-8H2,1H3. The summed E-state index contributed by atoms with van der Waals surface area (Å²) in [6.07, 6.45) is 0. The molecule has 0 saturated carbocycles. The highest BCUT2D eigenvalue weighted by molar-refractivity contribution is 4.52. The topological polar surface area (TPSA) is 70.5 Å². The number of nitrogens with one attached hydrogen (secondary N) is 1. The summed E-state index contributed by atoms with van der Waals surface area (Å²) in [6, 6.07) is 0. The molecule has 0 aliphatic rings. The van der Waals surface area contributed by atoms with Crippen molar-refractivity contribution in [3.63, 3.8) is 0 Å². The largest absolute Gasteiger partial charge is 0.304 e. The Bertz CT molecular complexity index is 88.9. The Hall–Kier alpha value is -0.270. The highest BCUT2D eigenvalue weighted by Crippen LogP contribution is 1.79. The summed E-state index contributed by atoms with van der Waals surface area (Å²) in [5, 5.41) is 1.11. The summed E-state index contributed by atoms with van der Waals surface area (Å²) in [5.74, 6) is 10.3. The zero-order chi connectivity index (χ0) is 8.69. The van der Waals surface area contributed by atoms with E-state index in [1.807, 2.05) is 11.9 Å². The van der Waals surface area contributed by atoms with Crippen molar-refractivity contribution in [2.24, 2.45) is 11.7 Å². The molecule has 11 heavy (non-hydrogen) atoms. The highest BCUT2D eigenvalue weighted by Gasteiger charge is 1.97. The van der Waals surface area contributed by atoms with Gasteiger partial charge in [0.15, 0.2) is 0 Å². The van der Waals surface area contributed by atoms with Crippen molar-refractivity contribution in [2.75, 3.05) is 33.2 Å². The fourth-order valence-electron chi connectivity index (χ4n) is 0.631. The Balaban J connectivity index is 3.15. The molecule has 0 aliphatic heterocycles. The molecule has 0 unspecified atom stereocenters. The molecular weight excluding hydrogens is 149 g/mol. The summed E-state index contributed by atoms with van der Waals surface area (Å²) in [6.45, 7) is 2.27. The molecule has 0 spiro atoms. The Kier molecular flexibility index (Phi) is 6.28. The van der Waals surface area contributed by atoms with Crippen LogP contribution in [-0.4, -0.2) is 43.2 Å². The zero-order valence-corrected chi connectivity index (χ0v) is 6.76. The number of nitrogens with zero attached hydrogens (tertiary/aromatic N) is 2. The van der Waals surface area contributed by atoms with Gasteiger partial charge in [0, 0.05) is 26.2 Å². The molecule has 68 valence electrons. The Morgan fingerprint density at radius 2 is 1.91 bits per heavy atom. The molecule has 0 aliphatic carbocycles. The third kappa shape index (κ3) is 7.63. The maximum Gasteiger partial charge on any atom is 0.0410 e. The number of halogens is 1. The van der Waals surface area contributed by atoms with Crippen LogP contribution in [0, 0.1) is 0 Å². The molecule has 0 heterocycles. The summed E-state index contributed by atoms with van der Waals surface area (Å²) < 4.78 is 11.4. The minimum atomic E-state index is 0.325. The molecule has 0 saturated heterocycles. The minimum absolute atomic E-state index is 0.325. The van der Waals surface area contributed by atoms with Gasteiger partial charge in [0.1, 0.15) is 0 Å². The molecule has 0 radical (unpaired) electrons. The van der Waals surface area contributed by atoms with Crippen molar-refractivity contribution >= 4 is 0 Å². The zero-order valence-electron chi connectivity index (χ0n) is 6.76. The SMILES string of the molecule is CN(CCNF)CCN(N)N. The van der Waals surface area contributed by atoms with E-state index in [0.717, 1.165) is 11.7 Å². The van der Waals surface area contributed by atoms with Gasteiger partial charge in [0.25, 0.3) is 0 Å². The van der Waals surface area contributed by atoms with Crippen molar-refractivity contribution in [1.82, 2.24) is 15.6 Å². The van der Waals surface area contributed by atoms with E-state index >= 15 is 0 Å². The second-order valence-corrected chi connectivity index (χ2v) is 2.42. The third-order valence-corrected chi connectivity index (χ3v) is 1.33. The van der Waals surface area contributed by atoms with Gasteiger partial charge in [-0.1, -0.05) is 0 Å². The second-order valence-electron chi connectivity index (χ2n) is 2.42. The first-order chi connectivity index (χ1) is 5.16. The van der Waals surface area contributed by atoms with Crippen LogP contribution >= 0.6 is 0 Å². The van der Waals surface area contributed by atoms with Crippen LogP contribution in [0.4, 0.5) is 4.48 Å². The predicted octanol–water partition coefficient (Wildman–Crippen LogP) is -1.56. The molecular formula is C5H16FN5. The lowest BCUT2D eigenvalue weighted by Gasteiger charge is -2.17. The lowest BCUT2D eigenvalue weighted by atomic mass is 10.5. The van der Waals surface area contributed by atoms with Crippen LogP contribution in [0.2, 0.25) is 0 Å². The minimum Gasteiger partial charge on any atom is -0.304 e. The molecule has 6 heteroatoms. The molecule has 0 aromatic heterocycles. The number of hydrazine groups is 2. The van der Waals surface area contributed by atoms with Gasteiger partial charge in [-0.05, 0) is 7.05 Å². The van der Waals surface area contributed by atoms with Gasteiger partial charge >= 0.3 is 0 Å². The van der Waals surface area contributed by atoms with Gasteiger partial charge in [0.05, 0.1) is 0 Å². The molecule has 0 aromatic carbocycles. The number of hydrogen-bond acceptors (Lipinski definition) is 5. The van der Waals surface area contributed by atoms with Crippen molar-refractivity contribution in [3.05, 3.63) is 0 Å². The molecule has 0 bridgehead atoms. The van der Waals surface area contributed by atoms with Gasteiger partial charge < -0.3 is 4.90 Å². The third-order valence-electron chi connectivity index (χ3n) is 1.33. The maximum absolute atomic E-state index is 11.4. The van der Waals surface area contributed by atoms with E-state index in [2.05, 4.69) is 0 Å². The Morgan fingerprint density at radius 3 is 2.36 bits per heavy atom. The summed E-state index contributed by atoms with van der Waals surface area (Å²) in [7, 11) is 1.88.